The van der Waals surface area contributed by atoms with E-state index in [0.717, 1.165) is 31.9 Å². The first kappa shape index (κ1) is 16.5. The van der Waals surface area contributed by atoms with E-state index in [2.05, 4.69) is 24.8 Å². The molecule has 4 nitrogen and oxygen atoms in total. The molecule has 0 radical (unpaired) electrons. The molecule has 1 rings (SSSR count). The van der Waals surface area contributed by atoms with Gasteiger partial charge in [-0.15, -0.1) is 0 Å². The fourth-order valence-corrected chi connectivity index (χ4v) is 2.12. The van der Waals surface area contributed by atoms with Gasteiger partial charge in [0, 0.05) is 19.7 Å². The predicted octanol–water partition coefficient (Wildman–Crippen LogP) is 2.68. The van der Waals surface area contributed by atoms with Crippen LogP contribution in [0.2, 0.25) is 0 Å². The second-order valence-electron chi connectivity index (χ2n) is 4.77. The van der Waals surface area contributed by atoms with Gasteiger partial charge < -0.3 is 9.47 Å². The lowest BCUT2D eigenvalue weighted by molar-refractivity contribution is 0.0985. The summed E-state index contributed by atoms with van der Waals surface area (Å²) < 4.78 is 10.9. The zero-order chi connectivity index (χ0) is 14.8. The Hall–Kier alpha value is -1.57. The van der Waals surface area contributed by atoms with Crippen molar-refractivity contribution >= 4 is 0 Å². The minimum Gasteiger partial charge on any atom is -0.494 e. The molecule has 0 aromatic heterocycles. The maximum absolute atomic E-state index is 8.72. The summed E-state index contributed by atoms with van der Waals surface area (Å²) in [6.07, 6.45) is 0.974. The molecule has 0 aliphatic heterocycles. The van der Waals surface area contributed by atoms with Gasteiger partial charge in [-0.3, -0.25) is 4.90 Å². The molecule has 4 heteroatoms. The van der Waals surface area contributed by atoms with Crippen LogP contribution >= 0.6 is 0 Å². The van der Waals surface area contributed by atoms with Crippen LogP contribution in [0.5, 0.6) is 5.75 Å². The smallest absolute Gasteiger partial charge is 0.119 e. The maximum Gasteiger partial charge on any atom is 0.119 e. The summed E-state index contributed by atoms with van der Waals surface area (Å²) >= 11 is 0. The number of nitriles is 1. The molecule has 1 unspecified atom stereocenters. The van der Waals surface area contributed by atoms with E-state index in [1.54, 1.807) is 19.2 Å². The predicted molar refractivity (Wildman–Crippen MR) is 79.9 cm³/mol. The van der Waals surface area contributed by atoms with Crippen molar-refractivity contribution in [2.75, 3.05) is 33.4 Å². The molecule has 110 valence electrons. The second-order valence-corrected chi connectivity index (χ2v) is 4.77. The SMILES string of the molecule is CCN(CCCOc1ccc(C#N)cc1)C(C)COC. The molecular formula is C16H24N2O2. The van der Waals surface area contributed by atoms with E-state index in [9.17, 15) is 0 Å². The minimum atomic E-state index is 0.430. The Morgan fingerprint density at radius 2 is 2.00 bits per heavy atom. The van der Waals surface area contributed by atoms with Gasteiger partial charge in [0.05, 0.1) is 24.8 Å². The fourth-order valence-electron chi connectivity index (χ4n) is 2.12. The number of ether oxygens (including phenoxy) is 2. The van der Waals surface area contributed by atoms with E-state index < -0.39 is 0 Å². The Kier molecular flexibility index (Phi) is 7.71. The standard InChI is InChI=1S/C16H24N2O2/c1-4-18(14(2)13-19-3)10-5-11-20-16-8-6-15(12-17)7-9-16/h6-9,14H,4-5,10-11,13H2,1-3H3. The van der Waals surface area contributed by atoms with Crippen LogP contribution in [-0.2, 0) is 4.74 Å². The number of hydrogen-bond donors (Lipinski definition) is 0. The van der Waals surface area contributed by atoms with Gasteiger partial charge in [0.25, 0.3) is 0 Å². The quantitative estimate of drug-likeness (QED) is 0.651. The molecule has 0 bridgehead atoms. The second kappa shape index (κ2) is 9.35. The van der Waals surface area contributed by atoms with Crippen molar-refractivity contribution in [2.24, 2.45) is 0 Å². The summed E-state index contributed by atoms with van der Waals surface area (Å²) in [6, 6.07) is 9.74. The molecule has 1 atom stereocenters. The Morgan fingerprint density at radius 3 is 2.55 bits per heavy atom. The van der Waals surface area contributed by atoms with Crippen LogP contribution in [-0.4, -0.2) is 44.4 Å². The number of hydrogen-bond acceptors (Lipinski definition) is 4. The molecule has 0 amide bonds. The number of methoxy groups -OCH3 is 1. The third-order valence-electron chi connectivity index (χ3n) is 3.28. The van der Waals surface area contributed by atoms with Gasteiger partial charge in [-0.2, -0.15) is 5.26 Å². The van der Waals surface area contributed by atoms with Crippen LogP contribution in [0.3, 0.4) is 0 Å². The first-order valence-electron chi connectivity index (χ1n) is 7.07. The first-order chi connectivity index (χ1) is 9.71. The fraction of sp³-hybridized carbons (Fsp3) is 0.562. The highest BCUT2D eigenvalue weighted by Crippen LogP contribution is 2.12. The average molecular weight is 276 g/mol. The highest BCUT2D eigenvalue weighted by atomic mass is 16.5. The highest BCUT2D eigenvalue weighted by Gasteiger charge is 2.10. The topological polar surface area (TPSA) is 45.5 Å². The highest BCUT2D eigenvalue weighted by molar-refractivity contribution is 5.34. The van der Waals surface area contributed by atoms with Crippen LogP contribution < -0.4 is 4.74 Å². The molecule has 1 aromatic carbocycles. The summed E-state index contributed by atoms with van der Waals surface area (Å²) in [5.74, 6) is 0.817. The van der Waals surface area contributed by atoms with Gasteiger partial charge in [0.15, 0.2) is 0 Å². The normalized spacial score (nSPS) is 12.2. The molecule has 0 N–H and O–H groups in total. The van der Waals surface area contributed by atoms with Gasteiger partial charge in [-0.1, -0.05) is 6.92 Å². The van der Waals surface area contributed by atoms with Crippen LogP contribution in [0.1, 0.15) is 25.8 Å². The van der Waals surface area contributed by atoms with Crippen molar-refractivity contribution in [3.63, 3.8) is 0 Å². The van der Waals surface area contributed by atoms with Crippen LogP contribution in [0.25, 0.3) is 0 Å². The lowest BCUT2D eigenvalue weighted by Gasteiger charge is -2.27. The van der Waals surface area contributed by atoms with Crippen molar-refractivity contribution in [2.45, 2.75) is 26.3 Å². The summed E-state index contributed by atoms with van der Waals surface area (Å²) in [7, 11) is 1.73. The molecule has 1 aromatic rings. The molecule has 20 heavy (non-hydrogen) atoms. The molecule has 0 saturated heterocycles. The maximum atomic E-state index is 8.72. The third kappa shape index (κ3) is 5.60. The Morgan fingerprint density at radius 1 is 1.30 bits per heavy atom. The number of rotatable bonds is 9. The third-order valence-corrected chi connectivity index (χ3v) is 3.28. The van der Waals surface area contributed by atoms with Crippen molar-refractivity contribution < 1.29 is 9.47 Å². The molecule has 0 spiro atoms. The molecular weight excluding hydrogens is 252 g/mol. The molecule has 0 aliphatic rings. The van der Waals surface area contributed by atoms with Gasteiger partial charge in [0.1, 0.15) is 5.75 Å². The Labute approximate surface area is 121 Å². The van der Waals surface area contributed by atoms with Gasteiger partial charge in [-0.25, -0.2) is 0 Å². The van der Waals surface area contributed by atoms with Gasteiger partial charge in [0.2, 0.25) is 0 Å². The average Bonchev–Trinajstić information content (AvgIpc) is 2.48. The van der Waals surface area contributed by atoms with Crippen molar-refractivity contribution in [3.8, 4) is 11.8 Å². The summed E-state index contributed by atoms with van der Waals surface area (Å²) in [4.78, 5) is 2.38. The van der Waals surface area contributed by atoms with E-state index >= 15 is 0 Å². The number of benzene rings is 1. The number of nitrogens with zero attached hydrogens (tertiary/aromatic N) is 2. The van der Waals surface area contributed by atoms with Crippen molar-refractivity contribution in [1.29, 1.82) is 5.26 Å². The zero-order valence-electron chi connectivity index (χ0n) is 12.6. The number of likely N-dealkylation sites (N-methyl/N-ethyl adjacent to an activating group) is 1. The Balaban J connectivity index is 2.27. The zero-order valence-corrected chi connectivity index (χ0v) is 12.6. The van der Waals surface area contributed by atoms with Gasteiger partial charge in [-0.05, 0) is 44.2 Å². The molecule has 0 heterocycles. The summed E-state index contributed by atoms with van der Waals surface area (Å²) in [5, 5.41) is 8.72. The van der Waals surface area contributed by atoms with E-state index in [1.807, 2.05) is 12.1 Å². The van der Waals surface area contributed by atoms with E-state index in [4.69, 9.17) is 14.7 Å². The Bertz CT molecular complexity index is 411. The van der Waals surface area contributed by atoms with Crippen LogP contribution in [0.4, 0.5) is 0 Å². The van der Waals surface area contributed by atoms with E-state index in [1.165, 1.54) is 0 Å². The van der Waals surface area contributed by atoms with Crippen molar-refractivity contribution in [3.05, 3.63) is 29.8 Å². The molecule has 0 aliphatic carbocycles. The first-order valence-corrected chi connectivity index (χ1v) is 7.07. The van der Waals surface area contributed by atoms with Gasteiger partial charge >= 0.3 is 0 Å². The van der Waals surface area contributed by atoms with Crippen LogP contribution in [0.15, 0.2) is 24.3 Å². The minimum absolute atomic E-state index is 0.430. The van der Waals surface area contributed by atoms with Crippen molar-refractivity contribution in [1.82, 2.24) is 4.90 Å². The summed E-state index contributed by atoms with van der Waals surface area (Å²) in [5.41, 5.74) is 0.655. The lowest BCUT2D eigenvalue weighted by atomic mass is 10.2. The molecule has 0 saturated carbocycles. The van der Waals surface area contributed by atoms with E-state index in [0.29, 0.717) is 18.2 Å². The summed E-state index contributed by atoms with van der Waals surface area (Å²) in [6.45, 7) is 7.78. The largest absolute Gasteiger partial charge is 0.494 e. The monoisotopic (exact) mass is 276 g/mol. The van der Waals surface area contributed by atoms with Crippen LogP contribution in [0, 0.1) is 11.3 Å². The van der Waals surface area contributed by atoms with E-state index in [-0.39, 0.29) is 0 Å². The lowest BCUT2D eigenvalue weighted by Crippen LogP contribution is -2.37. The molecule has 0 fully saturated rings.